The van der Waals surface area contributed by atoms with Crippen molar-refractivity contribution in [3.8, 4) is 0 Å². The quantitative estimate of drug-likeness (QED) is 0.429. The van der Waals surface area contributed by atoms with Gasteiger partial charge in [-0.1, -0.05) is 0 Å². The van der Waals surface area contributed by atoms with E-state index in [9.17, 15) is 22.8 Å². The Hall–Kier alpha value is -2.04. The molecule has 2 amide bonds. The number of primary amides is 1. The first kappa shape index (κ1) is 19.3. The number of carboxylic acids is 2. The zero-order valence-electron chi connectivity index (χ0n) is 9.61. The summed E-state index contributed by atoms with van der Waals surface area (Å²) in [6, 6.07) is -1.47. The van der Waals surface area contributed by atoms with E-state index in [1.54, 1.807) is 0 Å². The molecule has 0 spiro atoms. The van der Waals surface area contributed by atoms with Crippen molar-refractivity contribution in [3.63, 3.8) is 0 Å². The molecule has 0 saturated carbocycles. The Bertz CT molecular complexity index is 321. The molecule has 0 heterocycles. The molecule has 0 rings (SSSR count). The van der Waals surface area contributed by atoms with Gasteiger partial charge in [0.15, 0.2) is 0 Å². The number of rotatable bonds is 5. The van der Waals surface area contributed by atoms with E-state index in [0.29, 0.717) is 19.4 Å². The van der Waals surface area contributed by atoms with Crippen LogP contribution in [0.2, 0.25) is 0 Å². The average Bonchev–Trinajstić information content (AvgIpc) is 2.23. The second-order valence-corrected chi connectivity index (χ2v) is 3.18. The van der Waals surface area contributed by atoms with Crippen molar-refractivity contribution >= 4 is 18.0 Å². The van der Waals surface area contributed by atoms with Crippen molar-refractivity contribution in [2.45, 2.75) is 25.1 Å². The van der Waals surface area contributed by atoms with Gasteiger partial charge in [-0.05, 0) is 12.8 Å². The summed E-state index contributed by atoms with van der Waals surface area (Å²) in [7, 11) is 0. The molecule has 11 heteroatoms. The number of halogens is 3. The number of nitrogens with one attached hydrogen (secondary N) is 1. The molecule has 0 aliphatic rings. The average molecular weight is 289 g/mol. The molecule has 0 aromatic rings. The molecule has 0 aliphatic heterocycles. The lowest BCUT2D eigenvalue weighted by Gasteiger charge is -2.05. The van der Waals surface area contributed by atoms with Gasteiger partial charge in [-0.25, -0.2) is 9.59 Å². The minimum atomic E-state index is -5.08. The topological polar surface area (TPSA) is 156 Å². The summed E-state index contributed by atoms with van der Waals surface area (Å²) in [4.78, 5) is 29.2. The van der Waals surface area contributed by atoms with Crippen molar-refractivity contribution in [2.75, 3.05) is 6.54 Å². The highest BCUT2D eigenvalue weighted by molar-refractivity contribution is 5.73. The SMILES string of the molecule is NC(=O)NCCC[C@H](N)C(=O)O.O=C(O)C(F)(F)F. The van der Waals surface area contributed by atoms with Crippen LogP contribution in [0.5, 0.6) is 0 Å². The smallest absolute Gasteiger partial charge is 0.480 e. The van der Waals surface area contributed by atoms with Crippen LogP contribution in [0.15, 0.2) is 0 Å². The van der Waals surface area contributed by atoms with Crippen LogP contribution < -0.4 is 16.8 Å². The van der Waals surface area contributed by atoms with Crippen molar-refractivity contribution in [2.24, 2.45) is 11.5 Å². The normalized spacial score (nSPS) is 11.8. The number of hydrogen-bond acceptors (Lipinski definition) is 4. The van der Waals surface area contributed by atoms with Crippen molar-refractivity contribution in [1.29, 1.82) is 0 Å². The number of aliphatic carboxylic acids is 2. The predicted octanol–water partition coefficient (Wildman–Crippen LogP) is -0.520. The fourth-order valence-electron chi connectivity index (χ4n) is 0.657. The van der Waals surface area contributed by atoms with Crippen LogP contribution in [0.1, 0.15) is 12.8 Å². The summed E-state index contributed by atoms with van der Waals surface area (Å²) in [6.45, 7) is 0.357. The Labute approximate surface area is 105 Å². The van der Waals surface area contributed by atoms with E-state index in [-0.39, 0.29) is 0 Å². The highest BCUT2D eigenvalue weighted by Crippen LogP contribution is 2.13. The molecule has 0 aliphatic carbocycles. The summed E-state index contributed by atoms with van der Waals surface area (Å²) >= 11 is 0. The number of alkyl halides is 3. The molecule has 0 aromatic heterocycles. The van der Waals surface area contributed by atoms with Gasteiger partial charge in [-0.2, -0.15) is 13.2 Å². The highest BCUT2D eigenvalue weighted by Gasteiger charge is 2.38. The van der Waals surface area contributed by atoms with E-state index >= 15 is 0 Å². The first-order valence-electron chi connectivity index (χ1n) is 4.80. The Kier molecular flexibility index (Phi) is 9.11. The van der Waals surface area contributed by atoms with Gasteiger partial charge in [-0.15, -0.1) is 0 Å². The summed E-state index contributed by atoms with van der Waals surface area (Å²) in [5, 5.41) is 17.8. The minimum absolute atomic E-state index is 0.329. The standard InChI is InChI=1S/C6H13N3O3.C2HF3O2/c7-4(5(10)11)2-1-3-9-6(8)12;3-2(4,5)1(6)7/h4H,1-3,7H2,(H,10,11)(H3,8,9,12);(H,6,7)/t4-;/m0./s1. The van der Waals surface area contributed by atoms with Crippen LogP contribution in [0.4, 0.5) is 18.0 Å². The van der Waals surface area contributed by atoms with Crippen LogP contribution >= 0.6 is 0 Å². The molecule has 19 heavy (non-hydrogen) atoms. The third kappa shape index (κ3) is 13.9. The maximum Gasteiger partial charge on any atom is 0.490 e. The Balaban J connectivity index is 0. The van der Waals surface area contributed by atoms with E-state index in [2.05, 4.69) is 5.32 Å². The number of hydrogen-bond donors (Lipinski definition) is 5. The summed E-state index contributed by atoms with van der Waals surface area (Å²) < 4.78 is 31.7. The number of carbonyl (C=O) groups excluding carboxylic acids is 1. The lowest BCUT2D eigenvalue weighted by molar-refractivity contribution is -0.192. The number of urea groups is 1. The summed E-state index contributed by atoms with van der Waals surface area (Å²) in [5.41, 5.74) is 9.96. The molecule has 1 atom stereocenters. The van der Waals surface area contributed by atoms with Gasteiger partial charge in [0.05, 0.1) is 0 Å². The first-order valence-corrected chi connectivity index (χ1v) is 4.80. The number of carboxylic acid groups (broad SMARTS) is 2. The molecule has 0 saturated heterocycles. The second-order valence-electron chi connectivity index (χ2n) is 3.18. The van der Waals surface area contributed by atoms with E-state index in [4.69, 9.17) is 26.5 Å². The fraction of sp³-hybridized carbons (Fsp3) is 0.625. The Morgan fingerprint density at radius 1 is 1.21 bits per heavy atom. The molecule has 112 valence electrons. The predicted molar refractivity (Wildman–Crippen MR) is 56.1 cm³/mol. The Morgan fingerprint density at radius 3 is 1.89 bits per heavy atom. The summed E-state index contributed by atoms with van der Waals surface area (Å²) in [5.74, 6) is -3.79. The van der Waals surface area contributed by atoms with E-state index in [1.165, 1.54) is 0 Å². The lowest BCUT2D eigenvalue weighted by atomic mass is 10.2. The fourth-order valence-corrected chi connectivity index (χ4v) is 0.657. The van der Waals surface area contributed by atoms with E-state index in [0.717, 1.165) is 0 Å². The third-order valence-electron chi connectivity index (χ3n) is 1.55. The van der Waals surface area contributed by atoms with E-state index in [1.807, 2.05) is 0 Å². The van der Waals surface area contributed by atoms with Crippen LogP contribution in [-0.4, -0.2) is 46.9 Å². The van der Waals surface area contributed by atoms with Crippen molar-refractivity contribution in [3.05, 3.63) is 0 Å². The van der Waals surface area contributed by atoms with Crippen LogP contribution in [-0.2, 0) is 9.59 Å². The van der Waals surface area contributed by atoms with Gasteiger partial charge < -0.3 is 27.0 Å². The zero-order valence-corrected chi connectivity index (χ0v) is 9.61. The second kappa shape index (κ2) is 8.97. The minimum Gasteiger partial charge on any atom is -0.480 e. The largest absolute Gasteiger partial charge is 0.490 e. The maximum atomic E-state index is 10.6. The van der Waals surface area contributed by atoms with Crippen LogP contribution in [0, 0.1) is 0 Å². The molecule has 0 unspecified atom stereocenters. The molecule has 8 nitrogen and oxygen atoms in total. The van der Waals surface area contributed by atoms with Crippen LogP contribution in [0.3, 0.4) is 0 Å². The van der Waals surface area contributed by atoms with Gasteiger partial charge in [0.2, 0.25) is 0 Å². The van der Waals surface area contributed by atoms with E-state index < -0.39 is 30.2 Å². The molecule has 0 aromatic carbocycles. The van der Waals surface area contributed by atoms with Crippen molar-refractivity contribution < 1.29 is 37.8 Å². The molecular weight excluding hydrogens is 275 g/mol. The molecular formula is C8H14F3N3O5. The number of carbonyl (C=O) groups is 3. The Morgan fingerprint density at radius 2 is 1.63 bits per heavy atom. The first-order chi connectivity index (χ1) is 8.48. The van der Waals surface area contributed by atoms with Gasteiger partial charge >= 0.3 is 24.1 Å². The van der Waals surface area contributed by atoms with Gasteiger partial charge in [0, 0.05) is 6.54 Å². The summed E-state index contributed by atoms with van der Waals surface area (Å²) in [6.07, 6.45) is -4.24. The number of nitrogens with two attached hydrogens (primary N) is 2. The monoisotopic (exact) mass is 289 g/mol. The lowest BCUT2D eigenvalue weighted by Crippen LogP contribution is -2.33. The molecule has 7 N–H and O–H groups in total. The van der Waals surface area contributed by atoms with Crippen LogP contribution in [0.25, 0.3) is 0 Å². The zero-order chi connectivity index (χ0) is 15.6. The molecule has 0 fully saturated rings. The maximum absolute atomic E-state index is 10.6. The van der Waals surface area contributed by atoms with Crippen molar-refractivity contribution in [1.82, 2.24) is 5.32 Å². The van der Waals surface area contributed by atoms with Gasteiger partial charge in [0.1, 0.15) is 6.04 Å². The highest BCUT2D eigenvalue weighted by atomic mass is 19.4. The molecule has 0 radical (unpaired) electrons. The number of amides is 2. The van der Waals surface area contributed by atoms with Gasteiger partial charge in [-0.3, -0.25) is 4.79 Å². The molecule has 0 bridgehead atoms. The van der Waals surface area contributed by atoms with Gasteiger partial charge in [0.25, 0.3) is 0 Å². The third-order valence-corrected chi connectivity index (χ3v) is 1.55.